The Labute approximate surface area is 244 Å². The maximum atomic E-state index is 13.0. The maximum Gasteiger partial charge on any atom is 0.338 e. The zero-order valence-corrected chi connectivity index (χ0v) is 24.7. The first-order valence-corrected chi connectivity index (χ1v) is 14.2. The van der Waals surface area contributed by atoms with Crippen LogP contribution in [0.25, 0.3) is 6.08 Å². The van der Waals surface area contributed by atoms with Crippen LogP contribution in [-0.4, -0.2) is 42.2 Å². The van der Waals surface area contributed by atoms with E-state index in [0.717, 1.165) is 15.6 Å². The minimum atomic E-state index is -0.387. The molecule has 10 heteroatoms. The van der Waals surface area contributed by atoms with E-state index in [-0.39, 0.29) is 18.5 Å². The van der Waals surface area contributed by atoms with Gasteiger partial charge in [0.25, 0.3) is 5.91 Å². The van der Waals surface area contributed by atoms with Crippen molar-refractivity contribution in [1.82, 2.24) is 4.90 Å². The summed E-state index contributed by atoms with van der Waals surface area (Å²) < 4.78 is 17.6. The van der Waals surface area contributed by atoms with E-state index in [1.165, 1.54) is 16.7 Å². The van der Waals surface area contributed by atoms with Crippen molar-refractivity contribution in [3.8, 4) is 11.5 Å². The van der Waals surface area contributed by atoms with Crippen molar-refractivity contribution in [3.63, 3.8) is 0 Å². The van der Waals surface area contributed by atoms with Crippen molar-refractivity contribution in [2.45, 2.75) is 20.5 Å². The number of carbonyl (C=O) groups excluding carboxylic acids is 2. The van der Waals surface area contributed by atoms with Gasteiger partial charge >= 0.3 is 5.97 Å². The number of nitrogens with zero attached hydrogens (tertiary/aromatic N) is 2. The first kappa shape index (κ1) is 28.7. The lowest BCUT2D eigenvalue weighted by molar-refractivity contribution is -0.121. The van der Waals surface area contributed by atoms with Crippen LogP contribution in [0.4, 0.5) is 5.69 Å². The molecule has 0 atom stereocenters. The number of hydrogen-bond donors (Lipinski definition) is 0. The second kappa shape index (κ2) is 13.2. The topological polar surface area (TPSA) is 77.4 Å². The SMILES string of the molecule is CCOC(=O)c1ccc(N=C2S/C(=C\c3cc(OCC)c(OCc4ccccc4Cl)cc3Br)C(=O)N2C)cc1. The molecule has 0 bridgehead atoms. The molecule has 7 nitrogen and oxygen atoms in total. The van der Waals surface area contributed by atoms with Gasteiger partial charge in [-0.05, 0) is 79.7 Å². The normalized spacial score (nSPS) is 15.2. The summed E-state index contributed by atoms with van der Waals surface area (Å²) in [5.41, 5.74) is 2.68. The number of amides is 1. The molecule has 1 aliphatic heterocycles. The van der Waals surface area contributed by atoms with Gasteiger partial charge < -0.3 is 14.2 Å². The van der Waals surface area contributed by atoms with Crippen LogP contribution in [0.2, 0.25) is 5.02 Å². The van der Waals surface area contributed by atoms with E-state index in [2.05, 4.69) is 20.9 Å². The zero-order valence-electron chi connectivity index (χ0n) is 21.6. The molecule has 202 valence electrons. The van der Waals surface area contributed by atoms with Gasteiger partial charge in [-0.15, -0.1) is 0 Å². The molecule has 3 aromatic rings. The number of halogens is 2. The minimum Gasteiger partial charge on any atom is -0.490 e. The number of rotatable bonds is 9. The minimum absolute atomic E-state index is 0.175. The molecule has 1 saturated heterocycles. The molecule has 39 heavy (non-hydrogen) atoms. The molecule has 0 unspecified atom stereocenters. The molecule has 0 spiro atoms. The number of ether oxygens (including phenoxy) is 3. The highest BCUT2D eigenvalue weighted by Gasteiger charge is 2.30. The fourth-order valence-corrected chi connectivity index (χ4v) is 5.21. The van der Waals surface area contributed by atoms with Crippen molar-refractivity contribution in [2.75, 3.05) is 20.3 Å². The quantitative estimate of drug-likeness (QED) is 0.180. The van der Waals surface area contributed by atoms with Gasteiger partial charge in [0, 0.05) is 22.1 Å². The van der Waals surface area contributed by atoms with Crippen molar-refractivity contribution in [3.05, 3.63) is 91.8 Å². The molecule has 0 N–H and O–H groups in total. The number of likely N-dealkylation sites (N-methyl/N-ethyl adjacent to an activating group) is 1. The molecular formula is C29H26BrClN2O5S. The summed E-state index contributed by atoms with van der Waals surface area (Å²) >= 11 is 11.1. The van der Waals surface area contributed by atoms with Crippen LogP contribution >= 0.6 is 39.3 Å². The number of aliphatic imine (C=N–C) groups is 1. The van der Waals surface area contributed by atoms with E-state index in [1.54, 1.807) is 44.3 Å². The predicted octanol–water partition coefficient (Wildman–Crippen LogP) is 7.49. The summed E-state index contributed by atoms with van der Waals surface area (Å²) in [5.74, 6) is 0.549. The first-order chi connectivity index (χ1) is 18.8. The van der Waals surface area contributed by atoms with Crippen LogP contribution in [0.5, 0.6) is 11.5 Å². The fraction of sp³-hybridized carbons (Fsp3) is 0.207. The summed E-state index contributed by atoms with van der Waals surface area (Å²) in [6, 6.07) is 17.9. The van der Waals surface area contributed by atoms with Gasteiger partial charge in [0.1, 0.15) is 6.61 Å². The standard InChI is InChI=1S/C29H26BrClN2O5S/c1-4-36-24-14-20(22(30)16-25(24)38-17-19-8-6-7-9-23(19)31)15-26-27(34)33(3)29(39-26)32-21-12-10-18(11-13-21)28(35)37-5-2/h6-16H,4-5,17H2,1-3H3/b26-15-,32-29?. The van der Waals surface area contributed by atoms with Gasteiger partial charge in [0.2, 0.25) is 0 Å². The van der Waals surface area contributed by atoms with Gasteiger partial charge in [0.05, 0.1) is 29.4 Å². The molecule has 1 amide bonds. The third-order valence-electron chi connectivity index (χ3n) is 5.60. The third kappa shape index (κ3) is 7.03. The van der Waals surface area contributed by atoms with Gasteiger partial charge in [-0.25, -0.2) is 9.79 Å². The Morgan fingerprint density at radius 3 is 2.46 bits per heavy atom. The smallest absolute Gasteiger partial charge is 0.338 e. The number of amidine groups is 1. The summed E-state index contributed by atoms with van der Waals surface area (Å²) in [6.07, 6.45) is 1.79. The summed E-state index contributed by atoms with van der Waals surface area (Å²) in [5, 5.41) is 1.15. The molecule has 3 aromatic carbocycles. The van der Waals surface area contributed by atoms with Crippen LogP contribution < -0.4 is 9.47 Å². The van der Waals surface area contributed by atoms with E-state index in [4.69, 9.17) is 25.8 Å². The first-order valence-electron chi connectivity index (χ1n) is 12.2. The van der Waals surface area contributed by atoms with Crippen molar-refractivity contribution in [2.24, 2.45) is 4.99 Å². The lowest BCUT2D eigenvalue weighted by Gasteiger charge is -2.14. The zero-order chi connectivity index (χ0) is 27.9. The molecule has 0 aliphatic carbocycles. The van der Waals surface area contributed by atoms with E-state index >= 15 is 0 Å². The Kier molecular flexibility index (Phi) is 9.72. The van der Waals surface area contributed by atoms with Crippen LogP contribution in [0.1, 0.15) is 35.3 Å². The van der Waals surface area contributed by atoms with E-state index in [0.29, 0.717) is 51.1 Å². The summed E-state index contributed by atoms with van der Waals surface area (Å²) in [7, 11) is 1.67. The molecule has 0 radical (unpaired) electrons. The van der Waals surface area contributed by atoms with Crippen LogP contribution in [0.3, 0.4) is 0 Å². The lowest BCUT2D eigenvalue weighted by atomic mass is 10.1. The Balaban J connectivity index is 1.55. The van der Waals surface area contributed by atoms with Crippen molar-refractivity contribution >= 4 is 68.1 Å². The Bertz CT molecular complexity index is 1440. The molecule has 1 fully saturated rings. The number of carbonyl (C=O) groups is 2. The number of esters is 1. The fourth-order valence-electron chi connectivity index (χ4n) is 3.60. The van der Waals surface area contributed by atoms with E-state index in [9.17, 15) is 9.59 Å². The average molecular weight is 630 g/mol. The Morgan fingerprint density at radius 1 is 1.05 bits per heavy atom. The highest BCUT2D eigenvalue weighted by atomic mass is 79.9. The van der Waals surface area contributed by atoms with Gasteiger partial charge in [0.15, 0.2) is 16.7 Å². The molecule has 0 aromatic heterocycles. The van der Waals surface area contributed by atoms with Gasteiger partial charge in [-0.2, -0.15) is 0 Å². The highest BCUT2D eigenvalue weighted by molar-refractivity contribution is 9.10. The molecule has 1 aliphatic rings. The number of benzene rings is 3. The third-order valence-corrected chi connectivity index (χ3v) is 7.71. The summed E-state index contributed by atoms with van der Waals surface area (Å²) in [4.78, 5) is 31.5. The Hall–Kier alpha value is -3.27. The van der Waals surface area contributed by atoms with Crippen molar-refractivity contribution < 1.29 is 23.8 Å². The maximum absolute atomic E-state index is 13.0. The van der Waals surface area contributed by atoms with Crippen LogP contribution in [0, 0.1) is 0 Å². The van der Waals surface area contributed by atoms with Gasteiger partial charge in [-0.1, -0.05) is 45.7 Å². The summed E-state index contributed by atoms with van der Waals surface area (Å²) in [6.45, 7) is 4.69. The lowest BCUT2D eigenvalue weighted by Crippen LogP contribution is -2.23. The van der Waals surface area contributed by atoms with Crippen molar-refractivity contribution in [1.29, 1.82) is 0 Å². The Morgan fingerprint density at radius 2 is 1.77 bits per heavy atom. The molecular weight excluding hydrogens is 604 g/mol. The second-order valence-corrected chi connectivity index (χ2v) is 10.5. The van der Waals surface area contributed by atoms with E-state index < -0.39 is 0 Å². The largest absolute Gasteiger partial charge is 0.490 e. The van der Waals surface area contributed by atoms with Gasteiger partial charge in [-0.3, -0.25) is 9.69 Å². The number of hydrogen-bond acceptors (Lipinski definition) is 7. The van der Waals surface area contributed by atoms with Crippen LogP contribution in [0.15, 0.2) is 75.0 Å². The molecule has 4 rings (SSSR count). The molecule has 0 saturated carbocycles. The van der Waals surface area contributed by atoms with E-state index in [1.807, 2.05) is 43.3 Å². The number of thioether (sulfide) groups is 1. The van der Waals surface area contributed by atoms with Crippen LogP contribution in [-0.2, 0) is 16.1 Å². The highest BCUT2D eigenvalue weighted by Crippen LogP contribution is 2.39. The predicted molar refractivity (Wildman–Crippen MR) is 159 cm³/mol. The second-order valence-electron chi connectivity index (χ2n) is 8.27. The average Bonchev–Trinajstić information content (AvgIpc) is 3.18. The molecule has 1 heterocycles. The monoisotopic (exact) mass is 628 g/mol.